The van der Waals surface area contributed by atoms with Crippen LogP contribution in [0.5, 0.6) is 0 Å². The molecule has 2 aromatic rings. The number of fused-ring (bicyclic) bond motifs is 1. The highest BCUT2D eigenvalue weighted by molar-refractivity contribution is 5.60. The van der Waals surface area contributed by atoms with E-state index in [1.807, 2.05) is 42.3 Å². The summed E-state index contributed by atoms with van der Waals surface area (Å²) in [6.07, 6.45) is 0. The summed E-state index contributed by atoms with van der Waals surface area (Å²) in [5, 5.41) is 0. The van der Waals surface area contributed by atoms with Crippen molar-refractivity contribution in [3.8, 4) is 11.3 Å². The largest absolute Gasteiger partial charge is 0.343 e. The normalized spacial score (nSPS) is 13.8. The van der Waals surface area contributed by atoms with Gasteiger partial charge in [0.05, 0.1) is 5.69 Å². The zero-order valence-electron chi connectivity index (χ0n) is 9.63. The van der Waals surface area contributed by atoms with E-state index in [2.05, 4.69) is 4.98 Å². The molecule has 0 aliphatic carbocycles. The Hall–Kier alpha value is -2.10. The van der Waals surface area contributed by atoms with Crippen LogP contribution in [0.3, 0.4) is 0 Å². The number of likely N-dealkylation sites (N-methyl/N-ethyl adjacent to an activating group) is 1. The Kier molecular flexibility index (Phi) is 2.21. The van der Waals surface area contributed by atoms with Gasteiger partial charge in [0, 0.05) is 31.8 Å². The van der Waals surface area contributed by atoms with Crippen LogP contribution in [0.15, 0.2) is 41.2 Å². The van der Waals surface area contributed by atoms with Crippen molar-refractivity contribution in [2.24, 2.45) is 0 Å². The maximum absolute atomic E-state index is 11.9. The lowest BCUT2D eigenvalue weighted by atomic mass is 10.1. The SMILES string of the molecule is CN1CCn2c1nc(-c1ccccc1)cc2=O. The molecule has 0 spiro atoms. The summed E-state index contributed by atoms with van der Waals surface area (Å²) in [5.74, 6) is 0.761. The third kappa shape index (κ3) is 1.62. The fraction of sp³-hybridized carbons (Fsp3) is 0.231. The Morgan fingerprint density at radius 2 is 1.94 bits per heavy atom. The predicted molar refractivity (Wildman–Crippen MR) is 67.2 cm³/mol. The minimum Gasteiger partial charge on any atom is -0.343 e. The summed E-state index contributed by atoms with van der Waals surface area (Å²) < 4.78 is 1.71. The average Bonchev–Trinajstić information content (AvgIpc) is 2.73. The first-order valence-corrected chi connectivity index (χ1v) is 5.64. The van der Waals surface area contributed by atoms with Gasteiger partial charge in [0.25, 0.3) is 5.56 Å². The Bertz CT molecular complexity index is 604. The Morgan fingerprint density at radius 3 is 2.71 bits per heavy atom. The number of aromatic nitrogens is 2. The van der Waals surface area contributed by atoms with Crippen molar-refractivity contribution in [3.63, 3.8) is 0 Å². The standard InChI is InChI=1S/C13H13N3O/c1-15-7-8-16-12(17)9-11(14-13(15)16)10-5-3-2-4-6-10/h2-6,9H,7-8H2,1H3. The molecule has 0 bridgehead atoms. The first kappa shape index (κ1) is 10.1. The highest BCUT2D eigenvalue weighted by atomic mass is 16.1. The first-order chi connectivity index (χ1) is 8.25. The van der Waals surface area contributed by atoms with Gasteiger partial charge < -0.3 is 4.90 Å². The zero-order valence-corrected chi connectivity index (χ0v) is 9.63. The van der Waals surface area contributed by atoms with Gasteiger partial charge in [-0.1, -0.05) is 30.3 Å². The van der Waals surface area contributed by atoms with E-state index in [-0.39, 0.29) is 5.56 Å². The third-order valence-electron chi connectivity index (χ3n) is 3.06. The molecule has 2 heterocycles. The summed E-state index contributed by atoms with van der Waals surface area (Å²) in [5.41, 5.74) is 1.75. The van der Waals surface area contributed by atoms with Crippen molar-refractivity contribution in [1.29, 1.82) is 0 Å². The van der Waals surface area contributed by atoms with Gasteiger partial charge in [0.2, 0.25) is 5.95 Å². The van der Waals surface area contributed by atoms with Crippen molar-refractivity contribution >= 4 is 5.95 Å². The summed E-state index contributed by atoms with van der Waals surface area (Å²) >= 11 is 0. The first-order valence-electron chi connectivity index (χ1n) is 5.64. The summed E-state index contributed by atoms with van der Waals surface area (Å²) in [6.45, 7) is 1.58. The van der Waals surface area contributed by atoms with Crippen LogP contribution in [-0.4, -0.2) is 23.1 Å². The van der Waals surface area contributed by atoms with Crippen LogP contribution in [0.2, 0.25) is 0 Å². The van der Waals surface area contributed by atoms with Gasteiger partial charge in [-0.2, -0.15) is 0 Å². The zero-order chi connectivity index (χ0) is 11.8. The highest BCUT2D eigenvalue weighted by Gasteiger charge is 2.19. The molecule has 0 saturated carbocycles. The van der Waals surface area contributed by atoms with Gasteiger partial charge in [0.15, 0.2) is 0 Å². The molecule has 1 aromatic heterocycles. The number of benzene rings is 1. The molecule has 17 heavy (non-hydrogen) atoms. The van der Waals surface area contributed by atoms with E-state index in [1.165, 1.54) is 0 Å². The minimum atomic E-state index is 0.0261. The number of hydrogen-bond acceptors (Lipinski definition) is 3. The predicted octanol–water partition coefficient (Wildman–Crippen LogP) is 1.36. The number of hydrogen-bond donors (Lipinski definition) is 0. The quantitative estimate of drug-likeness (QED) is 0.738. The molecule has 1 aromatic carbocycles. The third-order valence-corrected chi connectivity index (χ3v) is 3.06. The van der Waals surface area contributed by atoms with Crippen molar-refractivity contribution in [2.75, 3.05) is 18.5 Å². The van der Waals surface area contributed by atoms with E-state index < -0.39 is 0 Å². The average molecular weight is 227 g/mol. The molecule has 0 saturated heterocycles. The molecule has 0 atom stereocenters. The molecule has 0 fully saturated rings. The Balaban J connectivity index is 2.18. The molecule has 4 nitrogen and oxygen atoms in total. The van der Waals surface area contributed by atoms with E-state index in [1.54, 1.807) is 10.6 Å². The number of nitrogens with zero attached hydrogens (tertiary/aromatic N) is 3. The molecular formula is C13H13N3O. The van der Waals surface area contributed by atoms with Gasteiger partial charge in [-0.25, -0.2) is 4.98 Å². The molecule has 0 unspecified atom stereocenters. The molecule has 4 heteroatoms. The molecule has 1 aliphatic heterocycles. The second-order valence-electron chi connectivity index (χ2n) is 4.22. The maximum atomic E-state index is 11.9. The van der Waals surface area contributed by atoms with Gasteiger partial charge in [0.1, 0.15) is 0 Å². The van der Waals surface area contributed by atoms with Crippen molar-refractivity contribution in [3.05, 3.63) is 46.8 Å². The van der Waals surface area contributed by atoms with Crippen LogP contribution in [-0.2, 0) is 6.54 Å². The fourth-order valence-corrected chi connectivity index (χ4v) is 2.10. The number of rotatable bonds is 1. The molecule has 0 amide bonds. The monoisotopic (exact) mass is 227 g/mol. The van der Waals surface area contributed by atoms with E-state index >= 15 is 0 Å². The number of anilines is 1. The van der Waals surface area contributed by atoms with Crippen molar-refractivity contribution < 1.29 is 0 Å². The molecule has 0 N–H and O–H groups in total. The summed E-state index contributed by atoms with van der Waals surface area (Å²) in [4.78, 5) is 18.5. The van der Waals surface area contributed by atoms with Crippen molar-refractivity contribution in [2.45, 2.75) is 6.54 Å². The van der Waals surface area contributed by atoms with E-state index in [9.17, 15) is 4.79 Å². The van der Waals surface area contributed by atoms with Crippen LogP contribution in [0.25, 0.3) is 11.3 Å². The summed E-state index contributed by atoms with van der Waals surface area (Å²) in [7, 11) is 1.96. The van der Waals surface area contributed by atoms with Crippen molar-refractivity contribution in [1.82, 2.24) is 9.55 Å². The van der Waals surface area contributed by atoms with Crippen LogP contribution >= 0.6 is 0 Å². The molecule has 1 aliphatic rings. The molecule has 3 rings (SSSR count). The fourth-order valence-electron chi connectivity index (χ4n) is 2.10. The summed E-state index contributed by atoms with van der Waals surface area (Å²) in [6, 6.07) is 11.4. The van der Waals surface area contributed by atoms with E-state index in [0.29, 0.717) is 0 Å². The molecule has 86 valence electrons. The molecule has 0 radical (unpaired) electrons. The van der Waals surface area contributed by atoms with Crippen LogP contribution in [0.1, 0.15) is 0 Å². The maximum Gasteiger partial charge on any atom is 0.255 e. The van der Waals surface area contributed by atoms with Crippen LogP contribution < -0.4 is 10.5 Å². The lowest BCUT2D eigenvalue weighted by Crippen LogP contribution is -2.19. The smallest absolute Gasteiger partial charge is 0.255 e. The molecular weight excluding hydrogens is 214 g/mol. The lowest BCUT2D eigenvalue weighted by molar-refractivity contribution is 0.757. The Labute approximate surface area is 99.1 Å². The van der Waals surface area contributed by atoms with E-state index in [4.69, 9.17) is 0 Å². The highest BCUT2D eigenvalue weighted by Crippen LogP contribution is 2.20. The van der Waals surface area contributed by atoms with Gasteiger partial charge >= 0.3 is 0 Å². The Morgan fingerprint density at radius 1 is 1.18 bits per heavy atom. The second kappa shape index (κ2) is 3.73. The topological polar surface area (TPSA) is 38.1 Å². The van der Waals surface area contributed by atoms with E-state index in [0.717, 1.165) is 30.3 Å². The van der Waals surface area contributed by atoms with Crippen LogP contribution in [0, 0.1) is 0 Å². The minimum absolute atomic E-state index is 0.0261. The van der Waals surface area contributed by atoms with Crippen LogP contribution in [0.4, 0.5) is 5.95 Å². The van der Waals surface area contributed by atoms with Gasteiger partial charge in [-0.05, 0) is 0 Å². The second-order valence-corrected chi connectivity index (χ2v) is 4.22. The lowest BCUT2D eigenvalue weighted by Gasteiger charge is -2.10. The van der Waals surface area contributed by atoms with Gasteiger partial charge in [-0.15, -0.1) is 0 Å². The van der Waals surface area contributed by atoms with Gasteiger partial charge in [-0.3, -0.25) is 9.36 Å².